The van der Waals surface area contributed by atoms with Crippen LogP contribution in [0.3, 0.4) is 0 Å². The van der Waals surface area contributed by atoms with E-state index >= 15 is 0 Å². The van der Waals surface area contributed by atoms with Crippen molar-refractivity contribution in [2.75, 3.05) is 0 Å². The van der Waals surface area contributed by atoms with Gasteiger partial charge in [-0.25, -0.2) is 4.99 Å². The van der Waals surface area contributed by atoms with Crippen LogP contribution < -0.4 is 21.9 Å². The maximum atomic E-state index is 14.2. The van der Waals surface area contributed by atoms with Crippen LogP contribution in [0.4, 0.5) is 105 Å². The maximum Gasteiger partial charge on any atom is 0.416 e. The van der Waals surface area contributed by atoms with E-state index in [2.05, 4.69) is 97.9 Å². The van der Waals surface area contributed by atoms with Crippen molar-refractivity contribution in [2.24, 2.45) is 4.99 Å². The van der Waals surface area contributed by atoms with Crippen LogP contribution in [-0.2, 0) is 71.5 Å². The van der Waals surface area contributed by atoms with E-state index in [0.717, 1.165) is 24.3 Å². The van der Waals surface area contributed by atoms with Crippen molar-refractivity contribution in [3.63, 3.8) is 0 Å². The molecule has 1 aliphatic heterocycles. The predicted octanol–water partition coefficient (Wildman–Crippen LogP) is 20.7. The van der Waals surface area contributed by atoms with Gasteiger partial charge in [-0.1, -0.05) is 166 Å². The van der Waals surface area contributed by atoms with E-state index in [1.165, 1.54) is 75.3 Å². The van der Waals surface area contributed by atoms with Gasteiger partial charge in [0.1, 0.15) is 23.9 Å². The maximum absolute atomic E-state index is 14.2. The zero-order valence-corrected chi connectivity index (χ0v) is 52.1. The molecule has 0 N–H and O–H groups in total. The number of hydrogen-bond acceptors (Lipinski definition) is 3. The van der Waals surface area contributed by atoms with Crippen molar-refractivity contribution < 1.29 is 115 Å². The van der Waals surface area contributed by atoms with Gasteiger partial charge in [-0.2, -0.15) is 127 Å². The number of aliphatic imine (C=N–C) groups is 1. The zero-order chi connectivity index (χ0) is 71.8. The molecular formula is C69H58BF24NO2P-. The first-order chi connectivity index (χ1) is 45.5. The van der Waals surface area contributed by atoms with Gasteiger partial charge >= 0.3 is 49.4 Å². The molecule has 2 aliphatic carbocycles. The molecular weight excluding hydrogens is 1370 g/mol. The molecule has 7 aromatic carbocycles. The van der Waals surface area contributed by atoms with Crippen LogP contribution in [-0.4, -0.2) is 41.1 Å². The van der Waals surface area contributed by atoms with E-state index in [1.54, 1.807) is 0 Å². The summed E-state index contributed by atoms with van der Waals surface area (Å²) in [5.74, 6) is 0.761. The van der Waals surface area contributed by atoms with E-state index < -0.39 is 208 Å². The number of benzene rings is 7. The Labute approximate surface area is 547 Å². The number of hydrogen-bond donors (Lipinski definition) is 0. The van der Waals surface area contributed by atoms with Crippen LogP contribution in [0.1, 0.15) is 132 Å². The lowest BCUT2D eigenvalue weighted by atomic mass is 9.12. The smallest absolute Gasteiger partial charge is 0.416 e. The van der Waals surface area contributed by atoms with Gasteiger partial charge in [0, 0.05) is 37.9 Å². The number of halogens is 24. The Morgan fingerprint density at radius 1 is 0.367 bits per heavy atom. The fourth-order valence-corrected chi connectivity index (χ4v) is 16.7. The molecule has 0 unspecified atom stereocenters. The van der Waals surface area contributed by atoms with Crippen LogP contribution in [0.25, 0.3) is 0 Å². The minimum atomic E-state index is -6.13. The van der Waals surface area contributed by atoms with Crippen molar-refractivity contribution in [3.8, 4) is 0 Å². The van der Waals surface area contributed by atoms with E-state index in [9.17, 15) is 105 Å². The van der Waals surface area contributed by atoms with Crippen molar-refractivity contribution in [3.05, 3.63) is 225 Å². The first-order valence-electron chi connectivity index (χ1n) is 30.7. The summed E-state index contributed by atoms with van der Waals surface area (Å²) in [6.45, 7) is 2.21. The molecule has 0 amide bonds. The Bertz CT molecular complexity index is 3390. The SMILES string of the molecule is C[C@@H]1OC(c2ccccc2)=N[C@@H]1C(Cc1ccccc1)(Cc1ccccc1)OP(C1CCCCC1)C1CCCCC1.FC(F)(F)c1cc([B-](c2cc(C(F)(F)F)cc(C(F)(F)F)c2)(c2cc(C(F)(F)F)cc(C(F)(F)F)c2)c2cc(C(F)(F)F)cc(C(F)(F)F)c2)cc(C(F)(F)F)c1. The monoisotopic (exact) mass is 1430 g/mol. The Kier molecular flexibility index (Phi) is 21.8. The Morgan fingerprint density at radius 2 is 0.622 bits per heavy atom. The molecule has 98 heavy (non-hydrogen) atoms. The van der Waals surface area contributed by atoms with Crippen LogP contribution in [0, 0.1) is 0 Å². The molecule has 1 heterocycles. The molecule has 0 spiro atoms. The lowest BCUT2D eigenvalue weighted by Crippen LogP contribution is -2.75. The van der Waals surface area contributed by atoms with Gasteiger partial charge in [0.15, 0.2) is 0 Å². The second-order valence-corrected chi connectivity index (χ2v) is 27.1. The third-order valence-electron chi connectivity index (χ3n) is 17.8. The zero-order valence-electron chi connectivity index (χ0n) is 51.2. The van der Waals surface area contributed by atoms with E-state index in [-0.39, 0.29) is 12.1 Å². The highest BCUT2D eigenvalue weighted by atomic mass is 31.1. The summed E-state index contributed by atoms with van der Waals surface area (Å²) in [5, 5.41) is 0. The summed E-state index contributed by atoms with van der Waals surface area (Å²) >= 11 is 0. The largest absolute Gasteiger partial charge is 0.472 e. The third-order valence-corrected chi connectivity index (χ3v) is 20.9. The second kappa shape index (κ2) is 28.4. The summed E-state index contributed by atoms with van der Waals surface area (Å²) in [6.07, 6.45) is -39.7. The molecule has 2 atom stereocenters. The predicted molar refractivity (Wildman–Crippen MR) is 322 cm³/mol. The van der Waals surface area contributed by atoms with Gasteiger partial charge in [0.2, 0.25) is 5.90 Å². The standard InChI is InChI=1S/C37H46NO2P.C32H12BF24/c1-29-35(38-36(39-29)32-21-11-4-12-22-32)37(27-30-17-7-2-8-18-30,28-31-19-9-3-10-20-31)40-41(33-23-13-5-14-24-33)34-25-15-6-16-26-34;34-25(35,36)13-1-14(26(37,38)39)6-21(5-13)33(22-7-15(27(40,41)42)2-16(8-22)28(43,44)45,23-9-17(29(46,47)48)3-18(10-23)30(49,50)51)24-11-19(31(52,53)54)4-20(12-24)32(55,56)57/h2-4,7-12,17-22,29,33-35H,5-6,13-16,23-28H2,1H3;1-12H/q;-1/t29-,35-;/m0./s1. The molecule has 0 radical (unpaired) electrons. The highest BCUT2D eigenvalue weighted by Crippen LogP contribution is 2.60. The third kappa shape index (κ3) is 17.5. The molecule has 0 saturated heterocycles. The Hall–Kier alpha value is -7.22. The van der Waals surface area contributed by atoms with Gasteiger partial charge < -0.3 is 9.26 Å². The quantitative estimate of drug-likeness (QED) is 0.0617. The topological polar surface area (TPSA) is 30.8 Å². The number of rotatable bonds is 14. The van der Waals surface area contributed by atoms with Crippen molar-refractivity contribution in [1.29, 1.82) is 0 Å². The lowest BCUT2D eigenvalue weighted by Gasteiger charge is -2.47. The van der Waals surface area contributed by atoms with Gasteiger partial charge in [-0.3, -0.25) is 0 Å². The van der Waals surface area contributed by atoms with Crippen LogP contribution in [0.5, 0.6) is 0 Å². The molecule has 0 bridgehead atoms. The average molecular weight is 1430 g/mol. The van der Waals surface area contributed by atoms with E-state index in [4.69, 9.17) is 14.3 Å². The number of nitrogens with zero attached hydrogens (tertiary/aromatic N) is 1. The van der Waals surface area contributed by atoms with Crippen LogP contribution in [0.15, 0.2) is 169 Å². The van der Waals surface area contributed by atoms with Gasteiger partial charge in [-0.15, -0.1) is 0 Å². The van der Waals surface area contributed by atoms with Gasteiger partial charge in [0.25, 0.3) is 0 Å². The number of ether oxygens (including phenoxy) is 1. The highest BCUT2D eigenvalue weighted by molar-refractivity contribution is 7.54. The molecule has 7 aromatic rings. The highest BCUT2D eigenvalue weighted by Gasteiger charge is 2.52. The first-order valence-corrected chi connectivity index (χ1v) is 32.1. The fraction of sp³-hybridized carbons (Fsp3) is 0.377. The normalized spacial score (nSPS) is 17.7. The average Bonchev–Trinajstić information content (AvgIpc) is 0.806. The molecule has 2 fully saturated rings. The summed E-state index contributed by atoms with van der Waals surface area (Å²) in [7, 11) is -0.606. The Morgan fingerprint density at radius 3 is 0.878 bits per heavy atom. The minimum Gasteiger partial charge on any atom is -0.472 e. The van der Waals surface area contributed by atoms with Crippen molar-refractivity contribution >= 4 is 42.0 Å². The van der Waals surface area contributed by atoms with Gasteiger partial charge in [0.05, 0.1) is 44.5 Å². The molecule has 3 aliphatic rings. The first kappa shape index (κ1) is 75.0. The van der Waals surface area contributed by atoms with Crippen molar-refractivity contribution in [2.45, 2.75) is 162 Å². The van der Waals surface area contributed by atoms with E-state index in [1.807, 2.05) is 0 Å². The summed E-state index contributed by atoms with van der Waals surface area (Å²) < 4.78 is 355. The number of alkyl halides is 24. The molecule has 2 saturated carbocycles. The fourth-order valence-electron chi connectivity index (χ4n) is 13.4. The molecule has 3 nitrogen and oxygen atoms in total. The minimum absolute atomic E-state index is 0.0628. The van der Waals surface area contributed by atoms with E-state index in [0.29, 0.717) is 11.3 Å². The summed E-state index contributed by atoms with van der Waals surface area (Å²) in [4.78, 5) is 5.43. The molecule has 29 heteroatoms. The van der Waals surface area contributed by atoms with Crippen LogP contribution >= 0.6 is 8.15 Å². The summed E-state index contributed by atoms with van der Waals surface area (Å²) in [6, 6.07) is 23.5. The molecule has 528 valence electrons. The summed E-state index contributed by atoms with van der Waals surface area (Å²) in [5.41, 5.74) is -25.6. The molecule has 0 aromatic heterocycles. The van der Waals surface area contributed by atoms with Crippen molar-refractivity contribution in [1.82, 2.24) is 0 Å². The Balaban J connectivity index is 0.000000241. The molecule has 10 rings (SSSR count). The lowest BCUT2D eigenvalue weighted by molar-refractivity contribution is -0.144. The van der Waals surface area contributed by atoms with Gasteiger partial charge in [-0.05, 0) is 80.1 Å². The second-order valence-electron chi connectivity index (χ2n) is 24.7. The van der Waals surface area contributed by atoms with Crippen LogP contribution in [0.2, 0.25) is 0 Å².